The van der Waals surface area contributed by atoms with E-state index in [1.165, 1.54) is 10.9 Å². The van der Waals surface area contributed by atoms with Gasteiger partial charge in [-0.3, -0.25) is 0 Å². The highest BCUT2D eigenvalue weighted by Gasteiger charge is 2.25. The van der Waals surface area contributed by atoms with Gasteiger partial charge in [0.25, 0.3) is 0 Å². The topological polar surface area (TPSA) is 17.0 Å². The van der Waals surface area contributed by atoms with Crippen LogP contribution >= 0.6 is 0 Å². The summed E-state index contributed by atoms with van der Waals surface area (Å²) in [6.45, 7) is 3.02. The van der Waals surface area contributed by atoms with E-state index >= 15 is 0 Å². The summed E-state index contributed by atoms with van der Waals surface area (Å²) in [5.74, 6) is 0. The minimum Gasteiger partial charge on any atom is -0.346 e. The van der Waals surface area contributed by atoms with E-state index in [1.807, 2.05) is 19.2 Å². The normalized spacial score (nSPS) is 12.2. The standard InChI is InChI=1S/C15H19F3N2/c1-11-12-6-3-4-7-13(12)20(2)14(11)10-19-9-5-8-15(16,17)18/h3-4,6-7,19H,5,8-10H2,1-2H3. The Morgan fingerprint density at radius 2 is 1.90 bits per heavy atom. The highest BCUT2D eigenvalue weighted by molar-refractivity contribution is 5.85. The Labute approximate surface area is 116 Å². The second-order valence-corrected chi connectivity index (χ2v) is 5.04. The zero-order chi connectivity index (χ0) is 14.8. The number of aromatic nitrogens is 1. The summed E-state index contributed by atoms with van der Waals surface area (Å²) in [7, 11) is 1.99. The van der Waals surface area contributed by atoms with Crippen LogP contribution in [0.5, 0.6) is 0 Å². The second kappa shape index (κ2) is 5.87. The summed E-state index contributed by atoms with van der Waals surface area (Å²) in [6.07, 6.45) is -4.67. The lowest BCUT2D eigenvalue weighted by Crippen LogP contribution is -2.19. The summed E-state index contributed by atoms with van der Waals surface area (Å²) in [6, 6.07) is 8.10. The van der Waals surface area contributed by atoms with Crippen LogP contribution in [0.25, 0.3) is 10.9 Å². The Morgan fingerprint density at radius 3 is 2.55 bits per heavy atom. The fourth-order valence-electron chi connectivity index (χ4n) is 2.51. The van der Waals surface area contributed by atoms with Gasteiger partial charge >= 0.3 is 6.18 Å². The van der Waals surface area contributed by atoms with Gasteiger partial charge in [0.2, 0.25) is 0 Å². The van der Waals surface area contributed by atoms with Gasteiger partial charge in [-0.05, 0) is 31.5 Å². The van der Waals surface area contributed by atoms with E-state index < -0.39 is 12.6 Å². The number of nitrogens with zero attached hydrogens (tertiary/aromatic N) is 1. The number of alkyl halides is 3. The molecule has 2 aromatic rings. The maximum atomic E-state index is 12.0. The van der Waals surface area contributed by atoms with E-state index in [9.17, 15) is 13.2 Å². The van der Waals surface area contributed by atoms with Crippen molar-refractivity contribution in [2.24, 2.45) is 7.05 Å². The molecule has 1 aromatic heterocycles. The first-order valence-electron chi connectivity index (χ1n) is 6.70. The largest absolute Gasteiger partial charge is 0.389 e. The number of nitrogens with one attached hydrogen (secondary N) is 1. The molecule has 20 heavy (non-hydrogen) atoms. The molecule has 110 valence electrons. The van der Waals surface area contributed by atoms with Crippen molar-refractivity contribution in [3.63, 3.8) is 0 Å². The molecule has 0 spiro atoms. The Balaban J connectivity index is 1.97. The van der Waals surface area contributed by atoms with Crippen molar-refractivity contribution in [3.8, 4) is 0 Å². The number of fused-ring (bicyclic) bond motifs is 1. The molecule has 0 amide bonds. The molecule has 0 aliphatic carbocycles. The van der Waals surface area contributed by atoms with Crippen LogP contribution in [0.3, 0.4) is 0 Å². The molecule has 5 heteroatoms. The van der Waals surface area contributed by atoms with E-state index in [4.69, 9.17) is 0 Å². The summed E-state index contributed by atoms with van der Waals surface area (Å²) in [5, 5.41) is 4.29. The van der Waals surface area contributed by atoms with Gasteiger partial charge in [0.1, 0.15) is 0 Å². The lowest BCUT2D eigenvalue weighted by molar-refractivity contribution is -0.135. The molecule has 0 saturated heterocycles. The van der Waals surface area contributed by atoms with Crippen molar-refractivity contribution < 1.29 is 13.2 Å². The number of halogens is 3. The average Bonchev–Trinajstić information content (AvgIpc) is 2.62. The number of benzene rings is 1. The molecular weight excluding hydrogens is 265 g/mol. The van der Waals surface area contributed by atoms with E-state index in [0.717, 1.165) is 11.2 Å². The van der Waals surface area contributed by atoms with E-state index in [2.05, 4.69) is 28.9 Å². The average molecular weight is 284 g/mol. The fraction of sp³-hybridized carbons (Fsp3) is 0.467. The third kappa shape index (κ3) is 3.33. The molecule has 0 saturated carbocycles. The minimum atomic E-state index is -4.06. The van der Waals surface area contributed by atoms with Gasteiger partial charge in [-0.2, -0.15) is 13.2 Å². The molecule has 0 atom stereocenters. The third-order valence-corrected chi connectivity index (χ3v) is 3.61. The molecule has 1 heterocycles. The van der Waals surface area contributed by atoms with E-state index in [0.29, 0.717) is 13.1 Å². The second-order valence-electron chi connectivity index (χ2n) is 5.04. The van der Waals surface area contributed by atoms with Crippen molar-refractivity contribution in [1.29, 1.82) is 0 Å². The predicted molar refractivity (Wildman–Crippen MR) is 74.7 cm³/mol. The van der Waals surface area contributed by atoms with Gasteiger partial charge in [0.05, 0.1) is 0 Å². The molecular formula is C15H19F3N2. The SMILES string of the molecule is Cc1c(CNCCCC(F)(F)F)n(C)c2ccccc12. The van der Waals surface area contributed by atoms with Crippen molar-refractivity contribution in [2.45, 2.75) is 32.5 Å². The molecule has 1 aromatic carbocycles. The third-order valence-electron chi connectivity index (χ3n) is 3.61. The van der Waals surface area contributed by atoms with Crippen LogP contribution in [0.1, 0.15) is 24.1 Å². The molecule has 0 aliphatic heterocycles. The molecule has 0 aliphatic rings. The number of para-hydroxylation sites is 1. The summed E-state index contributed by atoms with van der Waals surface area (Å²) in [4.78, 5) is 0. The Hall–Kier alpha value is -1.49. The summed E-state index contributed by atoms with van der Waals surface area (Å²) in [5.41, 5.74) is 3.46. The van der Waals surface area contributed by atoms with Crippen molar-refractivity contribution in [2.75, 3.05) is 6.54 Å². The molecule has 0 unspecified atom stereocenters. The first kappa shape index (κ1) is 14.9. The molecule has 0 bridgehead atoms. The number of rotatable bonds is 5. The van der Waals surface area contributed by atoms with Gasteiger partial charge < -0.3 is 9.88 Å². The van der Waals surface area contributed by atoms with Crippen LogP contribution in [0.4, 0.5) is 13.2 Å². The van der Waals surface area contributed by atoms with Crippen LogP contribution in [0, 0.1) is 6.92 Å². The van der Waals surface area contributed by atoms with Crippen LogP contribution in [0.15, 0.2) is 24.3 Å². The van der Waals surface area contributed by atoms with Crippen LogP contribution in [-0.2, 0) is 13.6 Å². The molecule has 2 nitrogen and oxygen atoms in total. The van der Waals surface area contributed by atoms with Gasteiger partial charge in [0, 0.05) is 36.6 Å². The monoisotopic (exact) mass is 284 g/mol. The highest BCUT2D eigenvalue weighted by Crippen LogP contribution is 2.24. The maximum Gasteiger partial charge on any atom is 0.389 e. The number of aryl methyl sites for hydroxylation is 2. The lowest BCUT2D eigenvalue weighted by Gasteiger charge is -2.09. The Kier molecular flexibility index (Phi) is 4.38. The Bertz CT molecular complexity index is 546. The summed E-state index contributed by atoms with van der Waals surface area (Å²) < 4.78 is 38.2. The quantitative estimate of drug-likeness (QED) is 0.823. The zero-order valence-corrected chi connectivity index (χ0v) is 11.7. The van der Waals surface area contributed by atoms with Crippen molar-refractivity contribution in [3.05, 3.63) is 35.5 Å². The molecule has 0 fully saturated rings. The lowest BCUT2D eigenvalue weighted by atomic mass is 10.1. The van der Waals surface area contributed by atoms with Gasteiger partial charge in [0.15, 0.2) is 0 Å². The summed E-state index contributed by atoms with van der Waals surface area (Å²) >= 11 is 0. The fourth-order valence-corrected chi connectivity index (χ4v) is 2.51. The van der Waals surface area contributed by atoms with E-state index in [-0.39, 0.29) is 6.42 Å². The molecule has 1 N–H and O–H groups in total. The van der Waals surface area contributed by atoms with Crippen LogP contribution in [-0.4, -0.2) is 17.3 Å². The van der Waals surface area contributed by atoms with Gasteiger partial charge in [-0.1, -0.05) is 18.2 Å². The van der Waals surface area contributed by atoms with Crippen LogP contribution in [0.2, 0.25) is 0 Å². The van der Waals surface area contributed by atoms with Crippen molar-refractivity contribution >= 4 is 10.9 Å². The van der Waals surface area contributed by atoms with Crippen LogP contribution < -0.4 is 5.32 Å². The first-order valence-corrected chi connectivity index (χ1v) is 6.70. The number of hydrogen-bond acceptors (Lipinski definition) is 1. The Morgan fingerprint density at radius 1 is 1.20 bits per heavy atom. The molecule has 2 rings (SSSR count). The van der Waals surface area contributed by atoms with Gasteiger partial charge in [-0.25, -0.2) is 0 Å². The maximum absolute atomic E-state index is 12.0. The highest BCUT2D eigenvalue weighted by atomic mass is 19.4. The molecule has 0 radical (unpaired) electrons. The zero-order valence-electron chi connectivity index (χ0n) is 11.7. The predicted octanol–water partition coefficient (Wildman–Crippen LogP) is 3.92. The smallest absolute Gasteiger partial charge is 0.346 e. The minimum absolute atomic E-state index is 0.118. The van der Waals surface area contributed by atoms with E-state index in [1.54, 1.807) is 0 Å². The van der Waals surface area contributed by atoms with Gasteiger partial charge in [-0.15, -0.1) is 0 Å². The number of hydrogen-bond donors (Lipinski definition) is 1. The first-order chi connectivity index (χ1) is 9.40. The van der Waals surface area contributed by atoms with Crippen molar-refractivity contribution in [1.82, 2.24) is 9.88 Å².